The Bertz CT molecular complexity index is 349. The molecule has 1 heterocycles. The number of likely N-dealkylation sites (N-methyl/N-ethyl adjacent to an activating group) is 2. The van der Waals surface area contributed by atoms with Crippen molar-refractivity contribution >= 4 is 11.6 Å². The van der Waals surface area contributed by atoms with Crippen LogP contribution in [-0.4, -0.2) is 41.4 Å². The van der Waals surface area contributed by atoms with Gasteiger partial charge in [-0.05, 0) is 20.0 Å². The zero-order valence-corrected chi connectivity index (χ0v) is 12.0. The topological polar surface area (TPSA) is 33.1 Å². The summed E-state index contributed by atoms with van der Waals surface area (Å²) in [5.41, 5.74) is 2.09. The van der Waals surface area contributed by atoms with Crippen LogP contribution in [0.2, 0.25) is 5.02 Å². The molecule has 0 unspecified atom stereocenters. The van der Waals surface area contributed by atoms with Crippen LogP contribution in [0.3, 0.4) is 0 Å². The zero-order valence-electron chi connectivity index (χ0n) is 11.3. The normalized spacial score (nSPS) is 11.4. The highest BCUT2D eigenvalue weighted by Crippen LogP contribution is 2.21. The van der Waals surface area contributed by atoms with E-state index in [9.17, 15) is 0 Å². The van der Waals surface area contributed by atoms with Crippen LogP contribution < -0.4 is 5.32 Å². The number of rotatable bonds is 7. The van der Waals surface area contributed by atoms with Crippen LogP contribution in [0.1, 0.15) is 25.2 Å². The lowest BCUT2D eigenvalue weighted by atomic mass is 10.3. The van der Waals surface area contributed by atoms with Gasteiger partial charge in [0.1, 0.15) is 0 Å². The van der Waals surface area contributed by atoms with Crippen molar-refractivity contribution in [2.75, 3.05) is 26.7 Å². The average Bonchev–Trinajstić information content (AvgIpc) is 2.57. The van der Waals surface area contributed by atoms with Crippen LogP contribution in [0.15, 0.2) is 0 Å². The van der Waals surface area contributed by atoms with E-state index in [-0.39, 0.29) is 0 Å². The molecule has 0 atom stereocenters. The van der Waals surface area contributed by atoms with Gasteiger partial charge in [0.25, 0.3) is 0 Å². The van der Waals surface area contributed by atoms with Crippen molar-refractivity contribution < 1.29 is 0 Å². The van der Waals surface area contributed by atoms with Gasteiger partial charge < -0.3 is 5.32 Å². The molecule has 0 aliphatic rings. The van der Waals surface area contributed by atoms with E-state index in [4.69, 9.17) is 11.6 Å². The van der Waals surface area contributed by atoms with Gasteiger partial charge in [0.05, 0.1) is 16.4 Å². The number of hydrogen-bond donors (Lipinski definition) is 1. The predicted molar refractivity (Wildman–Crippen MR) is 72.5 cm³/mol. The number of nitrogens with one attached hydrogen (secondary N) is 1. The molecule has 0 amide bonds. The molecule has 5 heteroatoms. The molecule has 0 spiro atoms. The summed E-state index contributed by atoms with van der Waals surface area (Å²) in [4.78, 5) is 2.25. The zero-order chi connectivity index (χ0) is 12.8. The minimum absolute atomic E-state index is 0.824. The fraction of sp³-hybridized carbons (Fsp3) is 0.750. The molecule has 98 valence electrons. The van der Waals surface area contributed by atoms with Crippen LogP contribution in [-0.2, 0) is 20.0 Å². The van der Waals surface area contributed by atoms with Crippen LogP contribution in [0.4, 0.5) is 0 Å². The molecule has 17 heavy (non-hydrogen) atoms. The maximum atomic E-state index is 6.31. The van der Waals surface area contributed by atoms with Crippen LogP contribution in [0, 0.1) is 0 Å². The van der Waals surface area contributed by atoms with Crippen molar-refractivity contribution in [2.24, 2.45) is 7.05 Å². The Morgan fingerprint density at radius 2 is 2.12 bits per heavy atom. The Kier molecular flexibility index (Phi) is 5.95. The molecule has 0 aliphatic heterocycles. The van der Waals surface area contributed by atoms with Gasteiger partial charge in [0.2, 0.25) is 0 Å². The summed E-state index contributed by atoms with van der Waals surface area (Å²) in [6.45, 7) is 8.06. The van der Waals surface area contributed by atoms with Crippen LogP contribution in [0.5, 0.6) is 0 Å². The molecule has 1 aromatic rings. The average molecular weight is 259 g/mol. The van der Waals surface area contributed by atoms with Crippen molar-refractivity contribution in [3.05, 3.63) is 16.4 Å². The minimum Gasteiger partial charge on any atom is -0.316 e. The second-order valence-electron chi connectivity index (χ2n) is 4.28. The number of hydrogen-bond acceptors (Lipinski definition) is 3. The Labute approximate surface area is 109 Å². The van der Waals surface area contributed by atoms with Gasteiger partial charge in [-0.3, -0.25) is 9.58 Å². The third-order valence-electron chi connectivity index (χ3n) is 2.84. The third-order valence-corrected chi connectivity index (χ3v) is 3.28. The maximum Gasteiger partial charge on any atom is 0.0863 e. The van der Waals surface area contributed by atoms with Gasteiger partial charge in [-0.1, -0.05) is 25.4 Å². The summed E-state index contributed by atoms with van der Waals surface area (Å²) in [6.07, 6.45) is 0.883. The van der Waals surface area contributed by atoms with Crippen molar-refractivity contribution in [1.82, 2.24) is 20.0 Å². The fourth-order valence-electron chi connectivity index (χ4n) is 1.77. The fourth-order valence-corrected chi connectivity index (χ4v) is 2.13. The standard InChI is InChI=1S/C12H23ClN4/c1-5-10-12(13)11(17(4)15-10)9-16(3)8-7-14-6-2/h14H,5-9H2,1-4H3. The molecule has 0 radical (unpaired) electrons. The van der Waals surface area contributed by atoms with Crippen molar-refractivity contribution in [3.8, 4) is 0 Å². The molecule has 1 N–H and O–H groups in total. The summed E-state index contributed by atoms with van der Waals surface area (Å²) in [5, 5.41) is 8.56. The molecule has 0 bridgehead atoms. The predicted octanol–water partition coefficient (Wildman–Crippen LogP) is 1.68. The molecular formula is C12H23ClN4. The molecule has 0 aliphatic carbocycles. The van der Waals surface area contributed by atoms with Gasteiger partial charge in [-0.25, -0.2) is 0 Å². The Balaban J connectivity index is 2.58. The van der Waals surface area contributed by atoms with Crippen molar-refractivity contribution in [1.29, 1.82) is 0 Å². The van der Waals surface area contributed by atoms with Crippen LogP contribution in [0.25, 0.3) is 0 Å². The lowest BCUT2D eigenvalue weighted by Crippen LogP contribution is -2.29. The van der Waals surface area contributed by atoms with Gasteiger partial charge >= 0.3 is 0 Å². The minimum atomic E-state index is 0.824. The quantitative estimate of drug-likeness (QED) is 0.756. The van der Waals surface area contributed by atoms with E-state index in [1.165, 1.54) is 0 Å². The molecule has 4 nitrogen and oxygen atoms in total. The van der Waals surface area contributed by atoms with E-state index in [0.717, 1.165) is 49.0 Å². The molecular weight excluding hydrogens is 236 g/mol. The SMILES string of the molecule is CCNCCN(C)Cc1c(Cl)c(CC)nn1C. The second-order valence-corrected chi connectivity index (χ2v) is 4.65. The molecule has 0 fully saturated rings. The van der Waals surface area contributed by atoms with Gasteiger partial charge in [-0.2, -0.15) is 5.10 Å². The third kappa shape index (κ3) is 3.98. The first-order valence-electron chi connectivity index (χ1n) is 6.19. The monoisotopic (exact) mass is 258 g/mol. The van der Waals surface area contributed by atoms with E-state index in [1.54, 1.807) is 0 Å². The number of aromatic nitrogens is 2. The lowest BCUT2D eigenvalue weighted by Gasteiger charge is -2.17. The van der Waals surface area contributed by atoms with E-state index in [0.29, 0.717) is 0 Å². The molecule has 0 saturated carbocycles. The van der Waals surface area contributed by atoms with Crippen molar-refractivity contribution in [3.63, 3.8) is 0 Å². The van der Waals surface area contributed by atoms with E-state index in [1.807, 2.05) is 11.7 Å². The van der Waals surface area contributed by atoms with Gasteiger partial charge in [-0.15, -0.1) is 0 Å². The number of aryl methyl sites for hydroxylation is 2. The lowest BCUT2D eigenvalue weighted by molar-refractivity contribution is 0.316. The van der Waals surface area contributed by atoms with Gasteiger partial charge in [0, 0.05) is 26.7 Å². The Hall–Kier alpha value is -0.580. The Morgan fingerprint density at radius 3 is 2.65 bits per heavy atom. The summed E-state index contributed by atoms with van der Waals surface area (Å²) in [7, 11) is 4.06. The highest BCUT2D eigenvalue weighted by atomic mass is 35.5. The largest absolute Gasteiger partial charge is 0.316 e. The first kappa shape index (κ1) is 14.5. The van der Waals surface area contributed by atoms with Crippen molar-refractivity contribution in [2.45, 2.75) is 26.8 Å². The molecule has 1 rings (SSSR count). The first-order valence-corrected chi connectivity index (χ1v) is 6.57. The highest BCUT2D eigenvalue weighted by Gasteiger charge is 2.14. The van der Waals surface area contributed by atoms with Crippen LogP contribution >= 0.6 is 11.6 Å². The Morgan fingerprint density at radius 1 is 1.41 bits per heavy atom. The number of halogens is 1. The second kappa shape index (κ2) is 6.99. The highest BCUT2D eigenvalue weighted by molar-refractivity contribution is 6.31. The smallest absolute Gasteiger partial charge is 0.0863 e. The molecule has 0 aromatic carbocycles. The van der Waals surface area contributed by atoms with Gasteiger partial charge in [0.15, 0.2) is 0 Å². The molecule has 1 aromatic heterocycles. The maximum absolute atomic E-state index is 6.31. The molecule has 0 saturated heterocycles. The van der Waals surface area contributed by atoms with E-state index < -0.39 is 0 Å². The number of nitrogens with zero attached hydrogens (tertiary/aromatic N) is 3. The summed E-state index contributed by atoms with van der Waals surface area (Å²) in [5.74, 6) is 0. The summed E-state index contributed by atoms with van der Waals surface area (Å²) < 4.78 is 1.89. The summed E-state index contributed by atoms with van der Waals surface area (Å²) >= 11 is 6.31. The van der Waals surface area contributed by atoms with E-state index >= 15 is 0 Å². The summed E-state index contributed by atoms with van der Waals surface area (Å²) in [6, 6.07) is 0. The van der Waals surface area contributed by atoms with E-state index in [2.05, 4.69) is 36.2 Å². The first-order chi connectivity index (χ1) is 8.10.